The molecule has 0 aliphatic rings. The summed E-state index contributed by atoms with van der Waals surface area (Å²) in [5.74, 6) is -0.187. The van der Waals surface area contributed by atoms with Gasteiger partial charge in [-0.25, -0.2) is 0 Å². The molecule has 0 unspecified atom stereocenters. The van der Waals surface area contributed by atoms with Gasteiger partial charge in [0.1, 0.15) is 0 Å². The summed E-state index contributed by atoms with van der Waals surface area (Å²) in [6, 6.07) is 0. The molecule has 0 bridgehead atoms. The molecule has 0 aliphatic carbocycles. The van der Waals surface area contributed by atoms with Crippen molar-refractivity contribution in [3.05, 3.63) is 0 Å². The predicted molar refractivity (Wildman–Crippen MR) is 57.2 cm³/mol. The SMILES string of the molecule is COC(=O)CCCCCNC(=O)CCN. The first-order valence-electron chi connectivity index (χ1n) is 5.24. The van der Waals surface area contributed by atoms with Crippen molar-refractivity contribution < 1.29 is 14.3 Å². The molecule has 5 nitrogen and oxygen atoms in total. The van der Waals surface area contributed by atoms with Crippen molar-refractivity contribution >= 4 is 11.9 Å². The molecule has 0 heterocycles. The fourth-order valence-electron chi connectivity index (χ4n) is 1.12. The Balaban J connectivity index is 3.18. The molecule has 0 aromatic rings. The Morgan fingerprint density at radius 1 is 1.20 bits per heavy atom. The van der Waals surface area contributed by atoms with Gasteiger partial charge in [-0.2, -0.15) is 0 Å². The van der Waals surface area contributed by atoms with E-state index in [1.807, 2.05) is 0 Å². The van der Waals surface area contributed by atoms with Crippen LogP contribution in [-0.4, -0.2) is 32.1 Å². The van der Waals surface area contributed by atoms with Crippen LogP contribution in [0.25, 0.3) is 0 Å². The Hall–Kier alpha value is -1.10. The van der Waals surface area contributed by atoms with E-state index in [1.165, 1.54) is 7.11 Å². The maximum Gasteiger partial charge on any atom is 0.305 e. The molecule has 0 atom stereocenters. The zero-order valence-electron chi connectivity index (χ0n) is 9.25. The summed E-state index contributed by atoms with van der Waals surface area (Å²) >= 11 is 0. The van der Waals surface area contributed by atoms with E-state index >= 15 is 0 Å². The number of esters is 1. The van der Waals surface area contributed by atoms with E-state index in [2.05, 4.69) is 10.1 Å². The van der Waals surface area contributed by atoms with Crippen LogP contribution < -0.4 is 11.1 Å². The molecule has 0 saturated carbocycles. The molecular weight excluding hydrogens is 196 g/mol. The van der Waals surface area contributed by atoms with Crippen LogP contribution in [-0.2, 0) is 14.3 Å². The second-order valence-electron chi connectivity index (χ2n) is 3.28. The number of rotatable bonds is 8. The zero-order chi connectivity index (χ0) is 11.5. The number of carbonyl (C=O) groups is 2. The van der Waals surface area contributed by atoms with Gasteiger partial charge in [0, 0.05) is 25.9 Å². The molecule has 0 aliphatic heterocycles. The zero-order valence-corrected chi connectivity index (χ0v) is 9.25. The number of carbonyl (C=O) groups excluding carboxylic acids is 2. The fourth-order valence-corrected chi connectivity index (χ4v) is 1.12. The number of ether oxygens (including phenoxy) is 1. The first kappa shape index (κ1) is 13.9. The topological polar surface area (TPSA) is 81.4 Å². The van der Waals surface area contributed by atoms with Gasteiger partial charge in [0.15, 0.2) is 0 Å². The Morgan fingerprint density at radius 3 is 2.53 bits per heavy atom. The quantitative estimate of drug-likeness (QED) is 0.448. The minimum absolute atomic E-state index is 0.00883. The third kappa shape index (κ3) is 9.21. The van der Waals surface area contributed by atoms with Crippen LogP contribution in [0.4, 0.5) is 0 Å². The summed E-state index contributed by atoms with van der Waals surface area (Å²) in [7, 11) is 1.38. The number of methoxy groups -OCH3 is 1. The number of hydrogen-bond acceptors (Lipinski definition) is 4. The van der Waals surface area contributed by atoms with Crippen LogP contribution in [0.3, 0.4) is 0 Å². The second kappa shape index (κ2) is 9.45. The van der Waals surface area contributed by atoms with Crippen LogP contribution >= 0.6 is 0 Å². The first-order valence-corrected chi connectivity index (χ1v) is 5.24. The number of amides is 1. The molecule has 1 amide bonds. The molecule has 5 heteroatoms. The summed E-state index contributed by atoms with van der Waals surface area (Å²) in [6.07, 6.45) is 3.43. The normalized spacial score (nSPS) is 9.73. The highest BCUT2D eigenvalue weighted by atomic mass is 16.5. The Labute approximate surface area is 90.4 Å². The van der Waals surface area contributed by atoms with E-state index in [0.29, 0.717) is 25.9 Å². The van der Waals surface area contributed by atoms with Crippen LogP contribution in [0, 0.1) is 0 Å². The van der Waals surface area contributed by atoms with Crippen LogP contribution in [0.5, 0.6) is 0 Å². The number of nitrogens with two attached hydrogens (primary N) is 1. The lowest BCUT2D eigenvalue weighted by molar-refractivity contribution is -0.140. The highest BCUT2D eigenvalue weighted by Gasteiger charge is 2.00. The van der Waals surface area contributed by atoms with Crippen molar-refractivity contribution in [2.45, 2.75) is 32.1 Å². The van der Waals surface area contributed by atoms with Gasteiger partial charge in [-0.1, -0.05) is 6.42 Å². The summed E-state index contributed by atoms with van der Waals surface area (Å²) in [4.78, 5) is 21.7. The largest absolute Gasteiger partial charge is 0.469 e. The summed E-state index contributed by atoms with van der Waals surface area (Å²) in [5.41, 5.74) is 5.22. The molecular formula is C10H20N2O3. The Kier molecular flexibility index (Phi) is 8.76. The van der Waals surface area contributed by atoms with Gasteiger partial charge >= 0.3 is 5.97 Å². The molecule has 0 saturated heterocycles. The van der Waals surface area contributed by atoms with Gasteiger partial charge < -0.3 is 15.8 Å². The van der Waals surface area contributed by atoms with E-state index in [1.54, 1.807) is 0 Å². The molecule has 88 valence electrons. The van der Waals surface area contributed by atoms with Crippen LogP contribution in [0.2, 0.25) is 0 Å². The number of unbranched alkanes of at least 4 members (excludes halogenated alkanes) is 2. The lowest BCUT2D eigenvalue weighted by Crippen LogP contribution is -2.26. The van der Waals surface area contributed by atoms with Crippen LogP contribution in [0.15, 0.2) is 0 Å². The molecule has 0 aromatic heterocycles. The van der Waals surface area contributed by atoms with Crippen molar-refractivity contribution in [2.75, 3.05) is 20.2 Å². The average molecular weight is 216 g/mol. The third-order valence-electron chi connectivity index (χ3n) is 1.98. The summed E-state index contributed by atoms with van der Waals surface area (Å²) in [6.45, 7) is 1.04. The molecule has 3 N–H and O–H groups in total. The van der Waals surface area contributed by atoms with Crippen molar-refractivity contribution in [1.29, 1.82) is 0 Å². The molecule has 0 rings (SSSR count). The highest BCUT2D eigenvalue weighted by molar-refractivity contribution is 5.75. The molecule has 0 fully saturated rings. The molecule has 0 aromatic carbocycles. The van der Waals surface area contributed by atoms with Crippen molar-refractivity contribution in [2.24, 2.45) is 5.73 Å². The third-order valence-corrected chi connectivity index (χ3v) is 1.98. The van der Waals surface area contributed by atoms with E-state index in [-0.39, 0.29) is 11.9 Å². The summed E-state index contributed by atoms with van der Waals surface area (Å²) in [5, 5.41) is 2.75. The molecule has 15 heavy (non-hydrogen) atoms. The monoisotopic (exact) mass is 216 g/mol. The minimum Gasteiger partial charge on any atom is -0.469 e. The van der Waals surface area contributed by atoms with Gasteiger partial charge in [0.05, 0.1) is 7.11 Å². The highest BCUT2D eigenvalue weighted by Crippen LogP contribution is 1.99. The van der Waals surface area contributed by atoms with Gasteiger partial charge in [0.2, 0.25) is 5.91 Å². The van der Waals surface area contributed by atoms with Crippen molar-refractivity contribution in [1.82, 2.24) is 5.32 Å². The average Bonchev–Trinajstić information content (AvgIpc) is 2.23. The number of nitrogens with one attached hydrogen (secondary N) is 1. The maximum atomic E-state index is 11.0. The Bertz CT molecular complexity index is 195. The standard InChI is InChI=1S/C10H20N2O3/c1-15-10(14)5-3-2-4-8-12-9(13)6-7-11/h2-8,11H2,1H3,(H,12,13). The molecule has 0 radical (unpaired) electrons. The van der Waals surface area contributed by atoms with Gasteiger partial charge in [-0.3, -0.25) is 9.59 Å². The smallest absolute Gasteiger partial charge is 0.305 e. The van der Waals surface area contributed by atoms with Crippen molar-refractivity contribution in [3.8, 4) is 0 Å². The van der Waals surface area contributed by atoms with Gasteiger partial charge in [-0.15, -0.1) is 0 Å². The van der Waals surface area contributed by atoms with E-state index < -0.39 is 0 Å². The van der Waals surface area contributed by atoms with Gasteiger partial charge in [0.25, 0.3) is 0 Å². The van der Waals surface area contributed by atoms with E-state index in [4.69, 9.17) is 5.73 Å². The lowest BCUT2D eigenvalue weighted by Gasteiger charge is -2.03. The predicted octanol–water partition coefficient (Wildman–Crippen LogP) is 0.185. The Morgan fingerprint density at radius 2 is 1.93 bits per heavy atom. The fraction of sp³-hybridized carbons (Fsp3) is 0.800. The van der Waals surface area contributed by atoms with E-state index in [0.717, 1.165) is 19.3 Å². The minimum atomic E-state index is -0.179. The van der Waals surface area contributed by atoms with Crippen molar-refractivity contribution in [3.63, 3.8) is 0 Å². The van der Waals surface area contributed by atoms with Gasteiger partial charge in [-0.05, 0) is 12.8 Å². The maximum absolute atomic E-state index is 11.0. The van der Waals surface area contributed by atoms with Crippen LogP contribution in [0.1, 0.15) is 32.1 Å². The summed E-state index contributed by atoms with van der Waals surface area (Å²) < 4.78 is 4.50. The number of hydrogen-bond donors (Lipinski definition) is 2. The molecule has 0 spiro atoms. The first-order chi connectivity index (χ1) is 7.20. The second-order valence-corrected chi connectivity index (χ2v) is 3.28. The van der Waals surface area contributed by atoms with E-state index in [9.17, 15) is 9.59 Å². The lowest BCUT2D eigenvalue weighted by atomic mass is 10.2.